The zero-order valence-electron chi connectivity index (χ0n) is 9.17. The van der Waals surface area contributed by atoms with Gasteiger partial charge in [0.2, 0.25) is 0 Å². The van der Waals surface area contributed by atoms with Crippen LogP contribution in [0.2, 0.25) is 0 Å². The Hall–Kier alpha value is -0.960. The Labute approximate surface area is 96.6 Å². The lowest BCUT2D eigenvalue weighted by Gasteiger charge is -2.05. The predicted molar refractivity (Wildman–Crippen MR) is 60.2 cm³/mol. The van der Waals surface area contributed by atoms with Crippen LogP contribution in [0.25, 0.3) is 0 Å². The van der Waals surface area contributed by atoms with Gasteiger partial charge in [-0.25, -0.2) is 0 Å². The van der Waals surface area contributed by atoms with Gasteiger partial charge in [0.15, 0.2) is 5.75 Å². The molecule has 1 fully saturated rings. The van der Waals surface area contributed by atoms with Crippen LogP contribution < -0.4 is 14.7 Å². The van der Waals surface area contributed by atoms with Gasteiger partial charge < -0.3 is 10.2 Å². The summed E-state index contributed by atoms with van der Waals surface area (Å²) in [6.45, 7) is 2.75. The molecule has 1 unspecified atom stereocenters. The molecule has 88 valence electrons. The molecule has 0 saturated carbocycles. The van der Waals surface area contributed by atoms with Gasteiger partial charge in [0.1, 0.15) is 0 Å². The Kier molecular flexibility index (Phi) is 6.74. The number of hydrogen-bond acceptors (Lipinski definition) is 3. The summed E-state index contributed by atoms with van der Waals surface area (Å²) in [7, 11) is -2.78. The standard InChI is InChI=1S/C6H5O3P.C5H11N/c7-10(8)9-6-4-2-1-3-5-6;1-2-4-6-5-3-1/h1-5H;6H,1-5H2/p+1. The lowest BCUT2D eigenvalue weighted by Crippen LogP contribution is -2.85. The molecule has 1 aromatic rings. The minimum absolute atomic E-state index is 0.346. The summed E-state index contributed by atoms with van der Waals surface area (Å²) in [6, 6.07) is 8.34. The summed E-state index contributed by atoms with van der Waals surface area (Å²) in [5, 5.41) is 2.39. The Morgan fingerprint density at radius 1 is 1.12 bits per heavy atom. The number of rotatable bonds is 2. The zero-order valence-corrected chi connectivity index (χ0v) is 10.1. The number of hydrogen-bond donors (Lipinski definition) is 1. The van der Waals surface area contributed by atoms with Crippen LogP contribution >= 0.6 is 8.25 Å². The van der Waals surface area contributed by atoms with Gasteiger partial charge in [-0.3, -0.25) is 4.52 Å². The van der Waals surface area contributed by atoms with Crippen LogP contribution in [-0.4, -0.2) is 13.1 Å². The second-order valence-electron chi connectivity index (χ2n) is 3.55. The van der Waals surface area contributed by atoms with E-state index >= 15 is 0 Å². The summed E-state index contributed by atoms with van der Waals surface area (Å²) in [5.74, 6) is 0.346. The molecule has 0 radical (unpaired) electrons. The molecule has 0 aliphatic carbocycles. The fourth-order valence-electron chi connectivity index (χ4n) is 1.47. The number of piperidine rings is 1. The maximum Gasteiger partial charge on any atom is 0.539 e. The van der Waals surface area contributed by atoms with Crippen LogP contribution in [-0.2, 0) is 4.57 Å². The Bertz CT molecular complexity index is 290. The molecular weight excluding hydrogens is 225 g/mol. The third-order valence-electron chi connectivity index (χ3n) is 2.24. The lowest BCUT2D eigenvalue weighted by atomic mass is 10.2. The Morgan fingerprint density at radius 3 is 2.12 bits per heavy atom. The molecule has 2 N–H and O–H groups in total. The molecule has 1 heterocycles. The second-order valence-corrected chi connectivity index (χ2v) is 4.18. The van der Waals surface area contributed by atoms with Crippen molar-refractivity contribution in [3.63, 3.8) is 0 Å². The molecule has 5 heteroatoms. The highest BCUT2D eigenvalue weighted by atomic mass is 31.1. The van der Waals surface area contributed by atoms with Crippen molar-refractivity contribution in [3.8, 4) is 5.75 Å². The molecule has 1 aliphatic rings. The van der Waals surface area contributed by atoms with E-state index < -0.39 is 8.25 Å². The molecule has 1 atom stereocenters. The molecule has 1 saturated heterocycles. The van der Waals surface area contributed by atoms with Crippen molar-refractivity contribution in [1.82, 2.24) is 0 Å². The van der Waals surface area contributed by atoms with Crippen molar-refractivity contribution in [2.75, 3.05) is 13.1 Å². The fourth-order valence-corrected chi connectivity index (χ4v) is 1.76. The monoisotopic (exact) mass is 242 g/mol. The van der Waals surface area contributed by atoms with Crippen molar-refractivity contribution >= 4 is 8.25 Å². The van der Waals surface area contributed by atoms with E-state index in [1.807, 2.05) is 0 Å². The predicted octanol–water partition coefficient (Wildman–Crippen LogP) is 0.817. The van der Waals surface area contributed by atoms with E-state index in [2.05, 4.69) is 9.84 Å². The summed E-state index contributed by atoms with van der Waals surface area (Å²) in [6.07, 6.45) is 4.36. The van der Waals surface area contributed by atoms with E-state index in [9.17, 15) is 9.46 Å². The SMILES string of the molecule is C1CC[NH2+]CC1.O=[P+]([O-])Oc1ccccc1. The van der Waals surface area contributed by atoms with Gasteiger partial charge in [-0.2, -0.15) is 0 Å². The molecule has 4 nitrogen and oxygen atoms in total. The van der Waals surface area contributed by atoms with Gasteiger partial charge in [-0.05, 0) is 36.0 Å². The Balaban J connectivity index is 0.000000181. The second kappa shape index (κ2) is 8.22. The first kappa shape index (κ1) is 13.1. The molecule has 0 amide bonds. The topological polar surface area (TPSA) is 66.0 Å². The number of nitrogens with two attached hydrogens (primary N) is 1. The van der Waals surface area contributed by atoms with Crippen LogP contribution in [0.5, 0.6) is 5.75 Å². The smallest absolute Gasteiger partial charge is 0.539 e. The highest BCUT2D eigenvalue weighted by Gasteiger charge is 2.01. The van der Waals surface area contributed by atoms with Gasteiger partial charge in [0.05, 0.1) is 13.1 Å². The third-order valence-corrected chi connectivity index (χ3v) is 2.60. The average molecular weight is 242 g/mol. The summed E-state index contributed by atoms with van der Waals surface area (Å²) < 4.78 is 14.4. The lowest BCUT2D eigenvalue weighted by molar-refractivity contribution is -0.662. The van der Waals surface area contributed by atoms with E-state index in [-0.39, 0.29) is 0 Å². The minimum atomic E-state index is -2.78. The molecular formula is C11H17NO3P+. The van der Waals surface area contributed by atoms with Crippen molar-refractivity contribution < 1.29 is 19.3 Å². The van der Waals surface area contributed by atoms with Gasteiger partial charge >= 0.3 is 8.25 Å². The molecule has 0 bridgehead atoms. The first-order chi connectivity index (χ1) is 7.79. The summed E-state index contributed by atoms with van der Waals surface area (Å²) in [5.41, 5.74) is 0. The first-order valence-electron chi connectivity index (χ1n) is 5.48. The van der Waals surface area contributed by atoms with Crippen molar-refractivity contribution in [3.05, 3.63) is 30.3 Å². The van der Waals surface area contributed by atoms with Crippen molar-refractivity contribution in [1.29, 1.82) is 0 Å². The van der Waals surface area contributed by atoms with Crippen molar-refractivity contribution in [2.24, 2.45) is 0 Å². The normalized spacial score (nSPS) is 15.7. The number of para-hydroxylation sites is 1. The van der Waals surface area contributed by atoms with Gasteiger partial charge in [-0.1, -0.05) is 18.2 Å². The van der Waals surface area contributed by atoms with Crippen LogP contribution in [0.15, 0.2) is 30.3 Å². The minimum Gasteiger partial charge on any atom is -0.558 e. The summed E-state index contributed by atoms with van der Waals surface area (Å²) >= 11 is 0. The van der Waals surface area contributed by atoms with E-state index in [0.717, 1.165) is 0 Å². The van der Waals surface area contributed by atoms with E-state index in [1.165, 1.54) is 32.4 Å². The molecule has 16 heavy (non-hydrogen) atoms. The number of benzene rings is 1. The third kappa shape index (κ3) is 6.51. The van der Waals surface area contributed by atoms with E-state index in [1.54, 1.807) is 30.3 Å². The van der Waals surface area contributed by atoms with Crippen LogP contribution in [0.3, 0.4) is 0 Å². The van der Waals surface area contributed by atoms with Gasteiger partial charge in [-0.15, -0.1) is 0 Å². The fraction of sp³-hybridized carbons (Fsp3) is 0.455. The number of quaternary nitrogens is 1. The maximum absolute atomic E-state index is 9.98. The van der Waals surface area contributed by atoms with Crippen LogP contribution in [0.4, 0.5) is 0 Å². The van der Waals surface area contributed by atoms with Gasteiger partial charge in [0.25, 0.3) is 0 Å². The maximum atomic E-state index is 9.98. The van der Waals surface area contributed by atoms with Gasteiger partial charge in [0, 0.05) is 0 Å². The van der Waals surface area contributed by atoms with Crippen LogP contribution in [0.1, 0.15) is 19.3 Å². The molecule has 0 spiro atoms. The Morgan fingerprint density at radius 2 is 1.75 bits per heavy atom. The first-order valence-corrected chi connectivity index (χ1v) is 6.57. The van der Waals surface area contributed by atoms with Crippen molar-refractivity contribution in [2.45, 2.75) is 19.3 Å². The molecule has 1 aliphatic heterocycles. The zero-order chi connectivity index (χ0) is 11.6. The van der Waals surface area contributed by atoms with Crippen LogP contribution in [0, 0.1) is 0 Å². The van der Waals surface area contributed by atoms with E-state index in [0.29, 0.717) is 5.75 Å². The van der Waals surface area contributed by atoms with E-state index in [4.69, 9.17) is 0 Å². The highest BCUT2D eigenvalue weighted by molar-refractivity contribution is 7.31. The summed E-state index contributed by atoms with van der Waals surface area (Å²) in [4.78, 5) is 9.98. The largest absolute Gasteiger partial charge is 0.558 e. The quantitative estimate of drug-likeness (QED) is 0.781. The highest BCUT2D eigenvalue weighted by Crippen LogP contribution is 2.18. The molecule has 2 rings (SSSR count). The molecule has 1 aromatic carbocycles. The molecule has 0 aromatic heterocycles. The average Bonchev–Trinajstić information content (AvgIpc) is 2.32.